The molecule has 22 heavy (non-hydrogen) atoms. The van der Waals surface area contributed by atoms with Crippen LogP contribution in [0.3, 0.4) is 0 Å². The summed E-state index contributed by atoms with van der Waals surface area (Å²) in [7, 11) is 1.85. The fraction of sp³-hybridized carbons (Fsp3) is 0.286. The Morgan fingerprint density at radius 3 is 2.95 bits per heavy atom. The molecule has 0 saturated carbocycles. The van der Waals surface area contributed by atoms with Crippen LogP contribution in [0.15, 0.2) is 30.2 Å². The summed E-state index contributed by atoms with van der Waals surface area (Å²) < 4.78 is 1.70. The lowest BCUT2D eigenvalue weighted by molar-refractivity contribution is -0.117. The largest absolute Gasteiger partial charge is 0.345 e. The first-order chi connectivity index (χ1) is 10.7. The number of thiophene rings is 1. The van der Waals surface area contributed by atoms with Gasteiger partial charge in [-0.3, -0.25) is 9.48 Å². The van der Waals surface area contributed by atoms with Crippen LogP contribution in [0.4, 0.5) is 11.5 Å². The number of amides is 1. The van der Waals surface area contributed by atoms with Crippen LogP contribution in [0.5, 0.6) is 0 Å². The van der Waals surface area contributed by atoms with Crippen molar-refractivity contribution < 1.29 is 4.79 Å². The van der Waals surface area contributed by atoms with Gasteiger partial charge < -0.3 is 9.80 Å². The minimum absolute atomic E-state index is 0.0567. The molecule has 3 aromatic heterocycles. The molecule has 1 saturated heterocycles. The number of hydrogen-bond donors (Lipinski definition) is 0. The normalized spacial score (nSPS) is 15.8. The maximum atomic E-state index is 12.5. The fourth-order valence-electron chi connectivity index (χ4n) is 2.70. The monoisotopic (exact) mass is 314 g/mol. The Kier molecular flexibility index (Phi) is 3.04. The molecule has 3 aromatic rings. The zero-order valence-electron chi connectivity index (χ0n) is 12.0. The molecular weight excluding hydrogens is 300 g/mol. The van der Waals surface area contributed by atoms with Crippen LogP contribution in [-0.4, -0.2) is 45.3 Å². The second-order valence-electron chi connectivity index (χ2n) is 5.18. The number of carbonyl (C=O) groups is 1. The van der Waals surface area contributed by atoms with E-state index in [1.54, 1.807) is 33.4 Å². The third kappa shape index (κ3) is 2.12. The van der Waals surface area contributed by atoms with Crippen LogP contribution < -0.4 is 9.80 Å². The van der Waals surface area contributed by atoms with E-state index in [1.165, 1.54) is 0 Å². The van der Waals surface area contributed by atoms with Crippen molar-refractivity contribution in [1.29, 1.82) is 0 Å². The van der Waals surface area contributed by atoms with Crippen LogP contribution in [0.1, 0.15) is 0 Å². The van der Waals surface area contributed by atoms with Gasteiger partial charge in [-0.25, -0.2) is 9.97 Å². The number of aromatic nitrogens is 4. The number of carbonyl (C=O) groups excluding carboxylic acids is 1. The van der Waals surface area contributed by atoms with E-state index in [1.807, 2.05) is 29.6 Å². The second-order valence-corrected chi connectivity index (χ2v) is 6.07. The van der Waals surface area contributed by atoms with Gasteiger partial charge in [0.1, 0.15) is 17.0 Å². The van der Waals surface area contributed by atoms with Crippen molar-refractivity contribution in [2.24, 2.45) is 7.05 Å². The topological polar surface area (TPSA) is 67.2 Å². The van der Waals surface area contributed by atoms with Crippen LogP contribution in [0, 0.1) is 0 Å². The van der Waals surface area contributed by atoms with E-state index in [0.29, 0.717) is 13.1 Å². The average molecular weight is 314 g/mol. The molecule has 112 valence electrons. The number of rotatable bonds is 2. The van der Waals surface area contributed by atoms with Crippen LogP contribution >= 0.6 is 11.3 Å². The maximum absolute atomic E-state index is 12.5. The van der Waals surface area contributed by atoms with Gasteiger partial charge in [-0.15, -0.1) is 11.3 Å². The number of anilines is 2. The summed E-state index contributed by atoms with van der Waals surface area (Å²) in [5.74, 6) is 0.895. The molecule has 0 radical (unpaired) electrons. The van der Waals surface area contributed by atoms with Gasteiger partial charge in [0.2, 0.25) is 5.91 Å². The van der Waals surface area contributed by atoms with Crippen molar-refractivity contribution in [2.45, 2.75) is 0 Å². The minimum atomic E-state index is 0.0567. The van der Waals surface area contributed by atoms with Crippen LogP contribution in [-0.2, 0) is 11.8 Å². The Morgan fingerprint density at radius 2 is 2.18 bits per heavy atom. The Morgan fingerprint density at radius 1 is 1.27 bits per heavy atom. The molecule has 1 fully saturated rings. The predicted octanol–water partition coefficient (Wildman–Crippen LogP) is 1.28. The van der Waals surface area contributed by atoms with Crippen molar-refractivity contribution in [3.05, 3.63) is 30.2 Å². The number of nitrogens with zero attached hydrogens (tertiary/aromatic N) is 6. The SMILES string of the molecule is Cn1cc(N2CCN(c3ncnc4sccc34)CC2=O)cn1. The van der Waals surface area contributed by atoms with Crippen LogP contribution in [0.2, 0.25) is 0 Å². The Balaban J connectivity index is 1.60. The van der Waals surface area contributed by atoms with Gasteiger partial charge in [0, 0.05) is 26.3 Å². The number of aryl methyl sites for hydroxylation is 1. The Labute approximate surface area is 130 Å². The Bertz CT molecular complexity index is 841. The molecule has 0 N–H and O–H groups in total. The lowest BCUT2D eigenvalue weighted by atomic mass is 10.2. The lowest BCUT2D eigenvalue weighted by Gasteiger charge is -2.34. The van der Waals surface area contributed by atoms with Gasteiger partial charge in [0.25, 0.3) is 0 Å². The second kappa shape index (κ2) is 5.06. The summed E-state index contributed by atoms with van der Waals surface area (Å²) in [5, 5.41) is 7.13. The van der Waals surface area contributed by atoms with Crippen molar-refractivity contribution in [1.82, 2.24) is 19.7 Å². The van der Waals surface area contributed by atoms with Crippen LogP contribution in [0.25, 0.3) is 10.2 Å². The molecule has 1 aliphatic rings. The summed E-state index contributed by atoms with van der Waals surface area (Å²) in [5.41, 5.74) is 0.843. The number of piperazine rings is 1. The molecule has 0 aliphatic carbocycles. The first kappa shape index (κ1) is 13.2. The highest BCUT2D eigenvalue weighted by Gasteiger charge is 2.27. The van der Waals surface area contributed by atoms with Crippen molar-refractivity contribution in [2.75, 3.05) is 29.4 Å². The van der Waals surface area contributed by atoms with Crippen molar-refractivity contribution in [3.63, 3.8) is 0 Å². The number of hydrogen-bond acceptors (Lipinski definition) is 6. The van der Waals surface area contributed by atoms with E-state index in [-0.39, 0.29) is 5.91 Å². The molecule has 0 atom stereocenters. The van der Waals surface area contributed by atoms with Gasteiger partial charge in [0.15, 0.2) is 0 Å². The molecule has 0 spiro atoms. The quantitative estimate of drug-likeness (QED) is 0.713. The minimum Gasteiger partial charge on any atom is -0.345 e. The fourth-order valence-corrected chi connectivity index (χ4v) is 3.43. The maximum Gasteiger partial charge on any atom is 0.246 e. The van der Waals surface area contributed by atoms with E-state index in [0.717, 1.165) is 28.3 Å². The molecule has 4 heterocycles. The van der Waals surface area contributed by atoms with E-state index >= 15 is 0 Å². The molecule has 1 amide bonds. The molecule has 0 bridgehead atoms. The van der Waals surface area contributed by atoms with E-state index < -0.39 is 0 Å². The smallest absolute Gasteiger partial charge is 0.246 e. The van der Waals surface area contributed by atoms with Gasteiger partial charge in [-0.1, -0.05) is 0 Å². The third-order valence-electron chi connectivity index (χ3n) is 3.76. The average Bonchev–Trinajstić information content (AvgIpc) is 3.15. The van der Waals surface area contributed by atoms with E-state index in [9.17, 15) is 4.79 Å². The highest BCUT2D eigenvalue weighted by atomic mass is 32.1. The zero-order valence-corrected chi connectivity index (χ0v) is 12.8. The molecule has 7 nitrogen and oxygen atoms in total. The molecule has 1 aliphatic heterocycles. The molecule has 8 heteroatoms. The highest BCUT2D eigenvalue weighted by Crippen LogP contribution is 2.28. The standard InChI is InChI=1S/C14H14N6OS/c1-18-7-10(6-17-18)20-4-3-19(8-12(20)21)13-11-2-5-22-14(11)16-9-15-13/h2,5-7,9H,3-4,8H2,1H3. The molecule has 0 unspecified atom stereocenters. The predicted molar refractivity (Wildman–Crippen MR) is 85.2 cm³/mol. The molecule has 0 aromatic carbocycles. The molecular formula is C14H14N6OS. The summed E-state index contributed by atoms with van der Waals surface area (Å²) in [6, 6.07) is 2.01. The van der Waals surface area contributed by atoms with Crippen molar-refractivity contribution >= 4 is 39.0 Å². The van der Waals surface area contributed by atoms with E-state index in [4.69, 9.17) is 0 Å². The summed E-state index contributed by atoms with van der Waals surface area (Å²) in [6.45, 7) is 1.68. The van der Waals surface area contributed by atoms with Gasteiger partial charge in [-0.05, 0) is 11.4 Å². The summed E-state index contributed by atoms with van der Waals surface area (Å²) >= 11 is 1.58. The summed E-state index contributed by atoms with van der Waals surface area (Å²) in [6.07, 6.45) is 5.14. The first-order valence-corrected chi connectivity index (χ1v) is 7.82. The Hall–Kier alpha value is -2.48. The van der Waals surface area contributed by atoms with E-state index in [2.05, 4.69) is 15.1 Å². The number of fused-ring (bicyclic) bond motifs is 1. The third-order valence-corrected chi connectivity index (χ3v) is 4.58. The van der Waals surface area contributed by atoms with Gasteiger partial charge >= 0.3 is 0 Å². The zero-order chi connectivity index (χ0) is 15.1. The van der Waals surface area contributed by atoms with Gasteiger partial charge in [-0.2, -0.15) is 5.10 Å². The van der Waals surface area contributed by atoms with Crippen molar-refractivity contribution in [3.8, 4) is 0 Å². The summed E-state index contributed by atoms with van der Waals surface area (Å²) in [4.78, 5) is 25.8. The molecule has 4 rings (SSSR count). The lowest BCUT2D eigenvalue weighted by Crippen LogP contribution is -2.50. The highest BCUT2D eigenvalue weighted by molar-refractivity contribution is 7.16. The first-order valence-electron chi connectivity index (χ1n) is 6.94. The van der Waals surface area contributed by atoms with Gasteiger partial charge in [0.05, 0.1) is 23.8 Å².